The number of likely N-dealkylation sites (N-methyl/N-ethyl adjacent to an activating group) is 1. The Labute approximate surface area is 119 Å². The van der Waals surface area contributed by atoms with Gasteiger partial charge in [-0.1, -0.05) is 32.6 Å². The molecule has 0 bridgehead atoms. The van der Waals surface area contributed by atoms with Crippen LogP contribution in [0.15, 0.2) is 0 Å². The van der Waals surface area contributed by atoms with Crippen LogP contribution >= 0.6 is 0 Å². The predicted octanol–water partition coefficient (Wildman–Crippen LogP) is 3.52. The summed E-state index contributed by atoms with van der Waals surface area (Å²) >= 11 is 0. The van der Waals surface area contributed by atoms with Crippen LogP contribution in [0.1, 0.15) is 66.2 Å². The van der Waals surface area contributed by atoms with Gasteiger partial charge in [-0.25, -0.2) is 0 Å². The van der Waals surface area contributed by atoms with Gasteiger partial charge in [0.2, 0.25) is 0 Å². The number of hydrogen-bond acceptors (Lipinski definition) is 3. The normalized spacial score (nSPS) is 21.3. The molecule has 0 aromatic heterocycles. The zero-order valence-corrected chi connectivity index (χ0v) is 13.3. The Balaban J connectivity index is 2.75. The Morgan fingerprint density at radius 1 is 1.05 bits per heavy atom. The second-order valence-electron chi connectivity index (χ2n) is 5.90. The van der Waals surface area contributed by atoms with E-state index in [4.69, 9.17) is 9.47 Å². The molecule has 0 heterocycles. The maximum atomic E-state index is 6.25. The molecular formula is C16H33NO2. The van der Waals surface area contributed by atoms with Gasteiger partial charge >= 0.3 is 0 Å². The van der Waals surface area contributed by atoms with Crippen LogP contribution in [0.5, 0.6) is 0 Å². The second kappa shape index (κ2) is 8.93. The van der Waals surface area contributed by atoms with Crippen LogP contribution < -0.4 is 5.32 Å². The minimum Gasteiger partial charge on any atom is -0.377 e. The van der Waals surface area contributed by atoms with E-state index in [1.54, 1.807) is 0 Å². The zero-order valence-electron chi connectivity index (χ0n) is 13.3. The Hall–Kier alpha value is -0.120. The fourth-order valence-electron chi connectivity index (χ4n) is 3.14. The van der Waals surface area contributed by atoms with Gasteiger partial charge in [-0.05, 0) is 40.2 Å². The summed E-state index contributed by atoms with van der Waals surface area (Å²) < 4.78 is 12.1. The molecule has 3 nitrogen and oxygen atoms in total. The maximum Gasteiger partial charge on any atom is 0.0857 e. The van der Waals surface area contributed by atoms with E-state index in [1.807, 2.05) is 0 Å². The summed E-state index contributed by atoms with van der Waals surface area (Å²) in [4.78, 5) is 0. The van der Waals surface area contributed by atoms with E-state index in [0.717, 1.165) is 19.8 Å². The summed E-state index contributed by atoms with van der Waals surface area (Å²) in [6.07, 6.45) is 7.87. The molecular weight excluding hydrogens is 238 g/mol. The van der Waals surface area contributed by atoms with E-state index in [2.05, 4.69) is 33.0 Å². The monoisotopic (exact) mass is 271 g/mol. The van der Waals surface area contributed by atoms with Crippen molar-refractivity contribution in [1.29, 1.82) is 0 Å². The van der Waals surface area contributed by atoms with Crippen LogP contribution in [0.4, 0.5) is 0 Å². The summed E-state index contributed by atoms with van der Waals surface area (Å²) in [6, 6.07) is 0.318. The van der Waals surface area contributed by atoms with E-state index in [-0.39, 0.29) is 11.7 Å². The molecule has 1 rings (SSSR count). The lowest BCUT2D eigenvalue weighted by Gasteiger charge is -2.40. The van der Waals surface area contributed by atoms with Crippen LogP contribution in [0, 0.1) is 0 Å². The Kier molecular flexibility index (Phi) is 7.96. The summed E-state index contributed by atoms with van der Waals surface area (Å²) in [5.41, 5.74) is -0.0177. The molecule has 0 amide bonds. The molecule has 0 aromatic rings. The lowest BCUT2D eigenvalue weighted by Crippen LogP contribution is -2.55. The molecule has 114 valence electrons. The first-order valence-electron chi connectivity index (χ1n) is 8.13. The van der Waals surface area contributed by atoms with Crippen molar-refractivity contribution in [2.24, 2.45) is 0 Å². The summed E-state index contributed by atoms with van der Waals surface area (Å²) in [5, 5.41) is 3.61. The van der Waals surface area contributed by atoms with Gasteiger partial charge in [0.05, 0.1) is 24.4 Å². The zero-order chi connectivity index (χ0) is 14.1. The van der Waals surface area contributed by atoms with Crippen LogP contribution in [-0.2, 0) is 9.47 Å². The predicted molar refractivity (Wildman–Crippen MR) is 80.6 cm³/mol. The van der Waals surface area contributed by atoms with Crippen molar-refractivity contribution in [2.75, 3.05) is 19.8 Å². The Morgan fingerprint density at radius 3 is 2.16 bits per heavy atom. The summed E-state index contributed by atoms with van der Waals surface area (Å²) in [6.45, 7) is 11.0. The van der Waals surface area contributed by atoms with Gasteiger partial charge in [-0.15, -0.1) is 0 Å². The van der Waals surface area contributed by atoms with Crippen LogP contribution in [0.25, 0.3) is 0 Å². The molecule has 0 aromatic carbocycles. The lowest BCUT2D eigenvalue weighted by molar-refractivity contribution is -0.0984. The molecule has 1 unspecified atom stereocenters. The third-order valence-corrected chi connectivity index (χ3v) is 4.06. The highest BCUT2D eigenvalue weighted by Gasteiger charge is 2.39. The lowest BCUT2D eigenvalue weighted by atomic mass is 9.86. The molecule has 3 heteroatoms. The minimum absolute atomic E-state index is 0.0177. The van der Waals surface area contributed by atoms with Gasteiger partial charge in [0.15, 0.2) is 0 Å². The minimum atomic E-state index is -0.0177. The first-order valence-corrected chi connectivity index (χ1v) is 8.13. The van der Waals surface area contributed by atoms with Gasteiger partial charge in [0, 0.05) is 6.61 Å². The quantitative estimate of drug-likeness (QED) is 0.685. The number of rotatable bonds is 8. The Bertz CT molecular complexity index is 223. The first kappa shape index (κ1) is 16.9. The summed E-state index contributed by atoms with van der Waals surface area (Å²) in [7, 11) is 0. The maximum absolute atomic E-state index is 6.25. The molecule has 1 atom stereocenters. The van der Waals surface area contributed by atoms with Crippen molar-refractivity contribution in [3.63, 3.8) is 0 Å². The topological polar surface area (TPSA) is 30.5 Å². The van der Waals surface area contributed by atoms with Gasteiger partial charge in [-0.2, -0.15) is 0 Å². The highest BCUT2D eigenvalue weighted by molar-refractivity contribution is 4.94. The molecule has 1 aliphatic rings. The van der Waals surface area contributed by atoms with Crippen molar-refractivity contribution in [3.8, 4) is 0 Å². The van der Waals surface area contributed by atoms with Gasteiger partial charge in [0.1, 0.15) is 0 Å². The first-order chi connectivity index (χ1) is 9.14. The molecule has 0 aliphatic heterocycles. The third kappa shape index (κ3) is 5.41. The number of ether oxygens (including phenoxy) is 2. The molecule has 1 aliphatic carbocycles. The standard InChI is InChI=1S/C16H33NO2/c1-5-17-15(13-18-14(3)4)16(19-6-2)11-9-7-8-10-12-16/h14-15,17H,5-13H2,1-4H3. The summed E-state index contributed by atoms with van der Waals surface area (Å²) in [5.74, 6) is 0. The van der Waals surface area contributed by atoms with E-state index >= 15 is 0 Å². The van der Waals surface area contributed by atoms with Crippen molar-refractivity contribution in [2.45, 2.75) is 84.0 Å². The fraction of sp³-hybridized carbons (Fsp3) is 1.00. The van der Waals surface area contributed by atoms with Crippen LogP contribution in [0.2, 0.25) is 0 Å². The SMILES string of the molecule is CCNC(COC(C)C)C1(OCC)CCCCCC1. The highest BCUT2D eigenvalue weighted by atomic mass is 16.5. The second-order valence-corrected chi connectivity index (χ2v) is 5.90. The number of nitrogens with one attached hydrogen (secondary N) is 1. The molecule has 0 saturated heterocycles. The van der Waals surface area contributed by atoms with Gasteiger partial charge < -0.3 is 14.8 Å². The fourth-order valence-corrected chi connectivity index (χ4v) is 3.14. The van der Waals surface area contributed by atoms with Crippen molar-refractivity contribution < 1.29 is 9.47 Å². The highest BCUT2D eigenvalue weighted by Crippen LogP contribution is 2.34. The van der Waals surface area contributed by atoms with Crippen LogP contribution in [0.3, 0.4) is 0 Å². The molecule has 1 N–H and O–H groups in total. The molecule has 19 heavy (non-hydrogen) atoms. The van der Waals surface area contributed by atoms with Gasteiger partial charge in [0.25, 0.3) is 0 Å². The third-order valence-electron chi connectivity index (χ3n) is 4.06. The van der Waals surface area contributed by atoms with E-state index in [1.165, 1.54) is 38.5 Å². The molecule has 0 spiro atoms. The van der Waals surface area contributed by atoms with Crippen molar-refractivity contribution in [1.82, 2.24) is 5.32 Å². The molecule has 0 radical (unpaired) electrons. The molecule has 1 fully saturated rings. The Morgan fingerprint density at radius 2 is 1.68 bits per heavy atom. The average molecular weight is 271 g/mol. The largest absolute Gasteiger partial charge is 0.377 e. The van der Waals surface area contributed by atoms with E-state index < -0.39 is 0 Å². The molecule has 1 saturated carbocycles. The van der Waals surface area contributed by atoms with E-state index in [9.17, 15) is 0 Å². The van der Waals surface area contributed by atoms with Crippen molar-refractivity contribution in [3.05, 3.63) is 0 Å². The van der Waals surface area contributed by atoms with Crippen LogP contribution in [-0.4, -0.2) is 37.5 Å². The smallest absolute Gasteiger partial charge is 0.0857 e. The van der Waals surface area contributed by atoms with Gasteiger partial charge in [-0.3, -0.25) is 0 Å². The van der Waals surface area contributed by atoms with E-state index in [0.29, 0.717) is 6.04 Å². The average Bonchev–Trinajstić information content (AvgIpc) is 2.61. The number of hydrogen-bond donors (Lipinski definition) is 1. The van der Waals surface area contributed by atoms with Crippen molar-refractivity contribution >= 4 is 0 Å².